The Balaban J connectivity index is 1.89. The third-order valence-corrected chi connectivity index (χ3v) is 6.04. The monoisotopic (exact) mass is 440 g/mol. The van der Waals surface area contributed by atoms with Gasteiger partial charge in [0.25, 0.3) is 6.01 Å². The molecule has 1 atom stereocenters. The lowest BCUT2D eigenvalue weighted by Gasteiger charge is -2.22. The number of benzene rings is 1. The van der Waals surface area contributed by atoms with Gasteiger partial charge < -0.3 is 19.4 Å². The Labute approximate surface area is 176 Å². The van der Waals surface area contributed by atoms with Crippen LogP contribution < -0.4 is 10.2 Å². The number of nitrogens with one attached hydrogen (secondary N) is 1. The standard InChI is InChI=1S/C20H23F3N4O2S/c1-3-27(10-13-5-4-6-24-13)19-26-16-15(20(21,22)23)12(11-28-2)9-14(17(16)29-19)18-25-7-8-30-18/h7-9,13,24H,3-6,10-11H2,1-2H3. The number of hydrogen-bond acceptors (Lipinski definition) is 7. The van der Waals surface area contributed by atoms with Gasteiger partial charge in [0.15, 0.2) is 5.58 Å². The Morgan fingerprint density at radius 1 is 1.40 bits per heavy atom. The first-order chi connectivity index (χ1) is 14.4. The molecule has 1 aromatic carbocycles. The summed E-state index contributed by atoms with van der Waals surface area (Å²) in [4.78, 5) is 10.5. The van der Waals surface area contributed by atoms with Gasteiger partial charge >= 0.3 is 6.18 Å². The van der Waals surface area contributed by atoms with Gasteiger partial charge in [-0.25, -0.2) is 4.98 Å². The molecule has 10 heteroatoms. The number of rotatable bonds is 7. The minimum absolute atomic E-state index is 0.0167. The number of hydrogen-bond donors (Lipinski definition) is 1. The van der Waals surface area contributed by atoms with Crippen LogP contribution in [-0.4, -0.2) is 42.8 Å². The van der Waals surface area contributed by atoms with Gasteiger partial charge in [-0.05, 0) is 37.9 Å². The van der Waals surface area contributed by atoms with Crippen molar-refractivity contribution in [2.24, 2.45) is 0 Å². The van der Waals surface area contributed by atoms with E-state index < -0.39 is 11.7 Å². The summed E-state index contributed by atoms with van der Waals surface area (Å²) in [6, 6.07) is 1.92. The molecule has 1 unspecified atom stereocenters. The molecular formula is C20H23F3N4O2S. The first-order valence-corrected chi connectivity index (χ1v) is 10.7. The molecule has 4 rings (SSSR count). The number of anilines is 1. The number of nitrogens with zero attached hydrogens (tertiary/aromatic N) is 3. The molecule has 3 aromatic rings. The van der Waals surface area contributed by atoms with Crippen LogP contribution in [0, 0.1) is 0 Å². The number of likely N-dealkylation sites (N-methyl/N-ethyl adjacent to an activating group) is 1. The highest BCUT2D eigenvalue weighted by molar-refractivity contribution is 7.13. The fourth-order valence-electron chi connectivity index (χ4n) is 3.88. The molecule has 1 saturated heterocycles. The highest BCUT2D eigenvalue weighted by Gasteiger charge is 2.39. The van der Waals surface area contributed by atoms with E-state index in [1.54, 1.807) is 11.6 Å². The summed E-state index contributed by atoms with van der Waals surface area (Å²) in [7, 11) is 1.37. The normalized spacial score (nSPS) is 17.2. The van der Waals surface area contributed by atoms with E-state index in [1.807, 2.05) is 11.8 Å². The zero-order valence-electron chi connectivity index (χ0n) is 16.8. The van der Waals surface area contributed by atoms with Crippen molar-refractivity contribution in [1.82, 2.24) is 15.3 Å². The molecule has 1 aliphatic heterocycles. The van der Waals surface area contributed by atoms with Crippen LogP contribution in [0.4, 0.5) is 19.2 Å². The molecule has 0 aliphatic carbocycles. The van der Waals surface area contributed by atoms with E-state index in [9.17, 15) is 13.2 Å². The second-order valence-corrected chi connectivity index (χ2v) is 8.13. The Hall–Kier alpha value is -2.17. The van der Waals surface area contributed by atoms with Gasteiger partial charge in [0, 0.05) is 37.8 Å². The van der Waals surface area contributed by atoms with Crippen LogP contribution in [-0.2, 0) is 17.5 Å². The minimum Gasteiger partial charge on any atom is -0.423 e. The average molecular weight is 440 g/mol. The van der Waals surface area contributed by atoms with Gasteiger partial charge in [-0.3, -0.25) is 0 Å². The van der Waals surface area contributed by atoms with Crippen LogP contribution in [0.15, 0.2) is 22.1 Å². The molecule has 30 heavy (non-hydrogen) atoms. The van der Waals surface area contributed by atoms with E-state index in [0.29, 0.717) is 23.7 Å². The number of aromatic nitrogens is 2. The minimum atomic E-state index is -4.59. The predicted octanol–water partition coefficient (Wildman–Crippen LogP) is 4.69. The molecule has 1 N–H and O–H groups in total. The lowest BCUT2D eigenvalue weighted by Crippen LogP contribution is -2.37. The maximum Gasteiger partial charge on any atom is 0.418 e. The topological polar surface area (TPSA) is 63.4 Å². The number of halogens is 3. The zero-order chi connectivity index (χ0) is 21.3. The average Bonchev–Trinajstić information content (AvgIpc) is 3.45. The van der Waals surface area contributed by atoms with E-state index in [2.05, 4.69) is 15.3 Å². The second-order valence-electron chi connectivity index (χ2n) is 7.23. The summed E-state index contributed by atoms with van der Waals surface area (Å²) in [5.41, 5.74) is -0.401. The molecule has 1 fully saturated rings. The van der Waals surface area contributed by atoms with Crippen LogP contribution in [0.25, 0.3) is 21.7 Å². The van der Waals surface area contributed by atoms with Gasteiger partial charge in [-0.1, -0.05) is 0 Å². The lowest BCUT2D eigenvalue weighted by atomic mass is 10.0. The highest BCUT2D eigenvalue weighted by Crippen LogP contribution is 2.43. The number of fused-ring (bicyclic) bond motifs is 1. The van der Waals surface area contributed by atoms with Crippen molar-refractivity contribution in [2.75, 3.05) is 31.6 Å². The van der Waals surface area contributed by atoms with Gasteiger partial charge in [0.2, 0.25) is 0 Å². The fourth-order valence-corrected chi connectivity index (χ4v) is 4.53. The summed E-state index contributed by atoms with van der Waals surface area (Å²) in [6.45, 7) is 3.90. The summed E-state index contributed by atoms with van der Waals surface area (Å²) in [6.07, 6.45) is -0.873. The first kappa shape index (κ1) is 21.1. The van der Waals surface area contributed by atoms with Crippen molar-refractivity contribution in [3.63, 3.8) is 0 Å². The highest BCUT2D eigenvalue weighted by atomic mass is 32.1. The van der Waals surface area contributed by atoms with E-state index in [1.165, 1.54) is 24.5 Å². The second kappa shape index (κ2) is 8.52. The van der Waals surface area contributed by atoms with Gasteiger partial charge in [-0.2, -0.15) is 18.2 Å². The number of ether oxygens (including phenoxy) is 1. The molecule has 6 nitrogen and oxygen atoms in total. The molecule has 0 saturated carbocycles. The van der Waals surface area contributed by atoms with Crippen LogP contribution in [0.3, 0.4) is 0 Å². The molecule has 1 aliphatic rings. The zero-order valence-corrected chi connectivity index (χ0v) is 17.6. The van der Waals surface area contributed by atoms with Crippen molar-refractivity contribution in [2.45, 2.75) is 38.6 Å². The van der Waals surface area contributed by atoms with E-state index >= 15 is 0 Å². The van der Waals surface area contributed by atoms with Gasteiger partial charge in [-0.15, -0.1) is 11.3 Å². The molecule has 2 aromatic heterocycles. The Kier molecular flexibility index (Phi) is 5.99. The Bertz CT molecular complexity index is 998. The largest absolute Gasteiger partial charge is 0.423 e. The van der Waals surface area contributed by atoms with Crippen LogP contribution >= 0.6 is 11.3 Å². The van der Waals surface area contributed by atoms with Crippen molar-refractivity contribution in [3.05, 3.63) is 28.8 Å². The third kappa shape index (κ3) is 4.03. The Morgan fingerprint density at radius 3 is 2.83 bits per heavy atom. The quantitative estimate of drug-likeness (QED) is 0.575. The maximum absolute atomic E-state index is 14.0. The summed E-state index contributed by atoms with van der Waals surface area (Å²) < 4.78 is 53.1. The summed E-state index contributed by atoms with van der Waals surface area (Å²) >= 11 is 1.34. The van der Waals surface area contributed by atoms with Crippen molar-refractivity contribution in [1.29, 1.82) is 0 Å². The number of methoxy groups -OCH3 is 1. The molecule has 0 bridgehead atoms. The number of alkyl halides is 3. The fraction of sp³-hybridized carbons (Fsp3) is 0.500. The van der Waals surface area contributed by atoms with Crippen molar-refractivity contribution < 1.29 is 22.3 Å². The molecular weight excluding hydrogens is 417 g/mol. The van der Waals surface area contributed by atoms with Crippen molar-refractivity contribution >= 4 is 28.5 Å². The lowest BCUT2D eigenvalue weighted by molar-refractivity contribution is -0.137. The van der Waals surface area contributed by atoms with Gasteiger partial charge in [0.05, 0.1) is 17.7 Å². The van der Waals surface area contributed by atoms with Crippen molar-refractivity contribution in [3.8, 4) is 10.6 Å². The van der Waals surface area contributed by atoms with E-state index in [0.717, 1.165) is 19.4 Å². The smallest absolute Gasteiger partial charge is 0.418 e. The molecule has 162 valence electrons. The van der Waals surface area contributed by atoms with Crippen LogP contribution in [0.5, 0.6) is 0 Å². The van der Waals surface area contributed by atoms with Crippen LogP contribution in [0.2, 0.25) is 0 Å². The molecule has 0 amide bonds. The Morgan fingerprint density at radius 2 is 2.23 bits per heavy atom. The summed E-state index contributed by atoms with van der Waals surface area (Å²) in [5, 5.41) is 5.76. The molecule has 0 radical (unpaired) electrons. The maximum atomic E-state index is 14.0. The molecule has 3 heterocycles. The van der Waals surface area contributed by atoms with E-state index in [4.69, 9.17) is 9.15 Å². The van der Waals surface area contributed by atoms with Gasteiger partial charge in [0.1, 0.15) is 10.5 Å². The summed E-state index contributed by atoms with van der Waals surface area (Å²) in [5.74, 6) is 0. The van der Waals surface area contributed by atoms with Crippen LogP contribution in [0.1, 0.15) is 30.9 Å². The first-order valence-electron chi connectivity index (χ1n) is 9.83. The number of oxazole rings is 1. The predicted molar refractivity (Wildman–Crippen MR) is 110 cm³/mol. The SMILES string of the molecule is CCN(CC1CCCN1)c1nc2c(C(F)(F)F)c(COC)cc(-c3nccs3)c2o1. The number of thiazole rings is 1. The van der Waals surface area contributed by atoms with E-state index in [-0.39, 0.29) is 35.3 Å². The third-order valence-electron chi connectivity index (χ3n) is 5.24. The molecule has 0 spiro atoms.